The molecule has 1 aliphatic rings. The molecule has 0 radical (unpaired) electrons. The largest absolute Gasteiger partial charge is 0.352 e. The number of carbonyl (C=O) groups excluding carboxylic acids is 2. The fraction of sp³-hybridized carbons (Fsp3) is 0.579. The van der Waals surface area contributed by atoms with Crippen molar-refractivity contribution in [3.8, 4) is 0 Å². The Bertz CT molecular complexity index is 562. The van der Waals surface area contributed by atoms with E-state index in [0.29, 0.717) is 26.1 Å². The van der Waals surface area contributed by atoms with Gasteiger partial charge in [0.05, 0.1) is 5.92 Å². The van der Waals surface area contributed by atoms with Crippen molar-refractivity contribution >= 4 is 24.2 Å². The minimum atomic E-state index is -0.265. The molecule has 140 valence electrons. The van der Waals surface area contributed by atoms with Crippen LogP contribution in [0.25, 0.3) is 0 Å². The predicted molar refractivity (Wildman–Crippen MR) is 102 cm³/mol. The summed E-state index contributed by atoms with van der Waals surface area (Å²) in [4.78, 5) is 26.4. The summed E-state index contributed by atoms with van der Waals surface area (Å²) in [6, 6.07) is 8.16. The third-order valence-electron chi connectivity index (χ3n) is 4.62. The molecule has 1 saturated heterocycles. The highest BCUT2D eigenvalue weighted by atomic mass is 35.5. The van der Waals surface area contributed by atoms with Crippen molar-refractivity contribution in [2.75, 3.05) is 13.1 Å². The number of aryl methyl sites for hydroxylation is 1. The van der Waals surface area contributed by atoms with Gasteiger partial charge in [-0.15, -0.1) is 12.4 Å². The van der Waals surface area contributed by atoms with E-state index in [1.807, 2.05) is 31.2 Å². The second-order valence-electron chi connectivity index (χ2n) is 6.74. The van der Waals surface area contributed by atoms with E-state index in [0.717, 1.165) is 24.8 Å². The van der Waals surface area contributed by atoms with E-state index in [2.05, 4.69) is 12.2 Å². The van der Waals surface area contributed by atoms with Crippen molar-refractivity contribution in [1.82, 2.24) is 10.2 Å². The Morgan fingerprint density at radius 1 is 1.36 bits per heavy atom. The van der Waals surface area contributed by atoms with Crippen LogP contribution >= 0.6 is 12.4 Å². The first-order valence-corrected chi connectivity index (χ1v) is 8.87. The molecule has 2 amide bonds. The van der Waals surface area contributed by atoms with E-state index in [4.69, 9.17) is 5.73 Å². The molecular weight excluding hydrogens is 338 g/mol. The van der Waals surface area contributed by atoms with E-state index < -0.39 is 0 Å². The number of nitrogens with one attached hydrogen (secondary N) is 1. The Hall–Kier alpha value is -1.59. The fourth-order valence-corrected chi connectivity index (χ4v) is 3.03. The summed E-state index contributed by atoms with van der Waals surface area (Å²) in [6.07, 6.45) is 3.32. The number of unbranched alkanes of at least 4 members (excludes halogenated alkanes) is 1. The van der Waals surface area contributed by atoms with Crippen LogP contribution in [0.5, 0.6) is 0 Å². The zero-order valence-electron chi connectivity index (χ0n) is 15.2. The lowest BCUT2D eigenvalue weighted by Crippen LogP contribution is -2.43. The molecule has 0 saturated carbocycles. The average Bonchev–Trinajstić information content (AvgIpc) is 2.94. The van der Waals surface area contributed by atoms with Gasteiger partial charge in [0.25, 0.3) is 0 Å². The lowest BCUT2D eigenvalue weighted by molar-refractivity contribution is -0.129. The van der Waals surface area contributed by atoms with E-state index >= 15 is 0 Å². The zero-order valence-corrected chi connectivity index (χ0v) is 16.0. The van der Waals surface area contributed by atoms with Gasteiger partial charge in [0, 0.05) is 32.1 Å². The first kappa shape index (κ1) is 21.5. The highest BCUT2D eigenvalue weighted by molar-refractivity contribution is 5.89. The standard InChI is InChI=1S/C19H29N3O2.ClH/c1-3-4-5-17(11-20)21-19(24)16-10-18(23)22(13-16)12-15-8-6-14(2)7-9-15;/h6-9,16-17H,3-5,10-13,20H2,1-2H3,(H,21,24);1H. The summed E-state index contributed by atoms with van der Waals surface area (Å²) in [6.45, 7) is 5.66. The number of hydrogen-bond acceptors (Lipinski definition) is 3. The van der Waals surface area contributed by atoms with Gasteiger partial charge < -0.3 is 16.0 Å². The quantitative estimate of drug-likeness (QED) is 0.740. The van der Waals surface area contributed by atoms with E-state index in [-0.39, 0.29) is 36.2 Å². The molecule has 25 heavy (non-hydrogen) atoms. The maximum absolute atomic E-state index is 12.4. The second kappa shape index (κ2) is 10.4. The topological polar surface area (TPSA) is 75.4 Å². The van der Waals surface area contributed by atoms with Crippen LogP contribution in [0.15, 0.2) is 24.3 Å². The van der Waals surface area contributed by atoms with Gasteiger partial charge in [-0.2, -0.15) is 0 Å². The molecule has 1 aromatic rings. The molecule has 1 fully saturated rings. The number of amides is 2. The molecule has 1 heterocycles. The number of nitrogens with zero attached hydrogens (tertiary/aromatic N) is 1. The number of hydrogen-bond donors (Lipinski definition) is 2. The smallest absolute Gasteiger partial charge is 0.225 e. The predicted octanol–water partition coefficient (Wildman–Crippen LogP) is 2.40. The van der Waals surface area contributed by atoms with E-state index in [1.54, 1.807) is 4.90 Å². The monoisotopic (exact) mass is 367 g/mol. The van der Waals surface area contributed by atoms with Crippen molar-refractivity contribution in [2.45, 2.75) is 52.1 Å². The second-order valence-corrected chi connectivity index (χ2v) is 6.74. The van der Waals surface area contributed by atoms with Gasteiger partial charge in [0.15, 0.2) is 0 Å². The molecule has 0 bridgehead atoms. The van der Waals surface area contributed by atoms with Gasteiger partial charge >= 0.3 is 0 Å². The Morgan fingerprint density at radius 3 is 2.64 bits per heavy atom. The molecule has 0 aromatic heterocycles. The zero-order chi connectivity index (χ0) is 17.5. The SMILES string of the molecule is CCCCC(CN)NC(=O)C1CC(=O)N(Cc2ccc(C)cc2)C1.Cl. The van der Waals surface area contributed by atoms with Crippen LogP contribution in [-0.4, -0.2) is 35.8 Å². The van der Waals surface area contributed by atoms with Gasteiger partial charge in [-0.25, -0.2) is 0 Å². The fourth-order valence-electron chi connectivity index (χ4n) is 3.03. The van der Waals surface area contributed by atoms with Crippen molar-refractivity contribution in [3.63, 3.8) is 0 Å². The first-order chi connectivity index (χ1) is 11.5. The summed E-state index contributed by atoms with van der Waals surface area (Å²) in [5, 5.41) is 3.01. The van der Waals surface area contributed by atoms with Gasteiger partial charge in [0.2, 0.25) is 11.8 Å². The lowest BCUT2D eigenvalue weighted by atomic mass is 10.1. The molecule has 5 nitrogen and oxygen atoms in total. The Labute approximate surface area is 156 Å². The number of carbonyl (C=O) groups is 2. The third-order valence-corrected chi connectivity index (χ3v) is 4.62. The summed E-state index contributed by atoms with van der Waals surface area (Å²) in [7, 11) is 0. The van der Waals surface area contributed by atoms with Crippen LogP contribution in [0, 0.1) is 12.8 Å². The van der Waals surface area contributed by atoms with Gasteiger partial charge in [-0.1, -0.05) is 49.6 Å². The number of likely N-dealkylation sites (tertiary alicyclic amines) is 1. The maximum atomic E-state index is 12.4. The summed E-state index contributed by atoms with van der Waals surface area (Å²) >= 11 is 0. The number of nitrogens with two attached hydrogens (primary N) is 1. The Kier molecular flexibility index (Phi) is 8.93. The van der Waals surface area contributed by atoms with Crippen LogP contribution in [-0.2, 0) is 16.1 Å². The molecular formula is C19H30ClN3O2. The molecule has 3 N–H and O–H groups in total. The van der Waals surface area contributed by atoms with Crippen molar-refractivity contribution in [2.24, 2.45) is 11.7 Å². The van der Waals surface area contributed by atoms with Crippen LogP contribution in [0.2, 0.25) is 0 Å². The minimum absolute atomic E-state index is 0. The van der Waals surface area contributed by atoms with Crippen LogP contribution in [0.4, 0.5) is 0 Å². The van der Waals surface area contributed by atoms with Crippen LogP contribution in [0.3, 0.4) is 0 Å². The molecule has 0 spiro atoms. The van der Waals surface area contributed by atoms with E-state index in [1.165, 1.54) is 5.56 Å². The van der Waals surface area contributed by atoms with Crippen molar-refractivity contribution in [3.05, 3.63) is 35.4 Å². The molecule has 1 aliphatic heterocycles. The summed E-state index contributed by atoms with van der Waals surface area (Å²) in [5.74, 6) is -0.256. The van der Waals surface area contributed by atoms with Crippen molar-refractivity contribution < 1.29 is 9.59 Å². The minimum Gasteiger partial charge on any atom is -0.352 e. The lowest BCUT2D eigenvalue weighted by Gasteiger charge is -2.20. The number of halogens is 1. The highest BCUT2D eigenvalue weighted by Gasteiger charge is 2.34. The first-order valence-electron chi connectivity index (χ1n) is 8.87. The highest BCUT2D eigenvalue weighted by Crippen LogP contribution is 2.21. The van der Waals surface area contributed by atoms with E-state index in [9.17, 15) is 9.59 Å². The number of benzene rings is 1. The Morgan fingerprint density at radius 2 is 2.04 bits per heavy atom. The van der Waals surface area contributed by atoms with Gasteiger partial charge in [0.1, 0.15) is 0 Å². The van der Waals surface area contributed by atoms with Crippen LogP contribution in [0.1, 0.15) is 43.7 Å². The van der Waals surface area contributed by atoms with Gasteiger partial charge in [-0.05, 0) is 18.9 Å². The van der Waals surface area contributed by atoms with Crippen molar-refractivity contribution in [1.29, 1.82) is 0 Å². The molecule has 2 atom stereocenters. The Balaban J connectivity index is 0.00000312. The maximum Gasteiger partial charge on any atom is 0.225 e. The summed E-state index contributed by atoms with van der Waals surface area (Å²) in [5.41, 5.74) is 8.03. The van der Waals surface area contributed by atoms with Crippen LogP contribution < -0.4 is 11.1 Å². The molecule has 0 aliphatic carbocycles. The number of rotatable bonds is 8. The summed E-state index contributed by atoms with van der Waals surface area (Å²) < 4.78 is 0. The van der Waals surface area contributed by atoms with Gasteiger partial charge in [-0.3, -0.25) is 9.59 Å². The molecule has 2 rings (SSSR count). The average molecular weight is 368 g/mol. The molecule has 1 aromatic carbocycles. The molecule has 2 unspecified atom stereocenters. The molecule has 6 heteroatoms. The normalized spacial score (nSPS) is 18.0. The third kappa shape index (κ3) is 6.33.